The number of likely N-dealkylation sites (tertiary alicyclic amines) is 1. The minimum absolute atomic E-state index is 0.120. The van der Waals surface area contributed by atoms with Crippen molar-refractivity contribution >= 4 is 5.91 Å². The van der Waals surface area contributed by atoms with Gasteiger partial charge in [0.25, 0.3) is 5.91 Å². The molecule has 4 heterocycles. The maximum Gasteiger partial charge on any atom is 0.276 e. The van der Waals surface area contributed by atoms with Crippen molar-refractivity contribution in [3.8, 4) is 22.8 Å². The molecule has 1 saturated heterocycles. The molecule has 5 rings (SSSR count). The molecule has 2 aliphatic heterocycles. The molecule has 1 aromatic carbocycles. The first-order valence-corrected chi connectivity index (χ1v) is 8.79. The molecular weight excluding hydrogens is 350 g/mol. The first-order valence-electron chi connectivity index (χ1n) is 8.79. The number of hydrogen-bond donors (Lipinski definition) is 0. The number of aryl methyl sites for hydroxylation is 1. The summed E-state index contributed by atoms with van der Waals surface area (Å²) < 4.78 is 21.5. The van der Waals surface area contributed by atoms with Gasteiger partial charge in [0.1, 0.15) is 0 Å². The van der Waals surface area contributed by atoms with Gasteiger partial charge in [0.15, 0.2) is 28.7 Å². The van der Waals surface area contributed by atoms with Crippen LogP contribution in [0.1, 0.15) is 40.7 Å². The Kier molecular flexibility index (Phi) is 3.63. The lowest BCUT2D eigenvalue weighted by Gasteiger charge is -2.21. The first kappa shape index (κ1) is 15.9. The molecule has 0 aliphatic carbocycles. The second kappa shape index (κ2) is 6.15. The van der Waals surface area contributed by atoms with Crippen molar-refractivity contribution in [2.45, 2.75) is 25.8 Å². The molecule has 2 aliphatic rings. The van der Waals surface area contributed by atoms with E-state index in [9.17, 15) is 4.79 Å². The predicted octanol–water partition coefficient (Wildman–Crippen LogP) is 3.34. The molecule has 1 atom stereocenters. The van der Waals surface area contributed by atoms with E-state index in [1.165, 1.54) is 0 Å². The van der Waals surface area contributed by atoms with E-state index < -0.39 is 0 Å². The fraction of sp³-hybridized carbons (Fsp3) is 0.316. The van der Waals surface area contributed by atoms with Crippen LogP contribution in [0.5, 0.6) is 11.5 Å². The largest absolute Gasteiger partial charge is 0.454 e. The molecular formula is C19H17N3O5. The van der Waals surface area contributed by atoms with Gasteiger partial charge in [-0.2, -0.15) is 0 Å². The Labute approximate surface area is 154 Å². The van der Waals surface area contributed by atoms with E-state index in [1.54, 1.807) is 17.2 Å². The summed E-state index contributed by atoms with van der Waals surface area (Å²) in [5, 5.41) is 7.82. The average Bonchev–Trinajstić information content (AvgIpc) is 3.45. The molecule has 0 saturated carbocycles. The van der Waals surface area contributed by atoms with Gasteiger partial charge in [0.2, 0.25) is 6.79 Å². The average molecular weight is 367 g/mol. The van der Waals surface area contributed by atoms with Crippen molar-refractivity contribution in [3.63, 3.8) is 0 Å². The summed E-state index contributed by atoms with van der Waals surface area (Å²) in [6.45, 7) is 2.78. The van der Waals surface area contributed by atoms with Gasteiger partial charge in [-0.15, -0.1) is 0 Å². The lowest BCUT2D eigenvalue weighted by molar-refractivity contribution is 0.0703. The quantitative estimate of drug-likeness (QED) is 0.701. The van der Waals surface area contributed by atoms with Crippen LogP contribution in [0.4, 0.5) is 0 Å². The van der Waals surface area contributed by atoms with Crippen LogP contribution < -0.4 is 9.47 Å². The van der Waals surface area contributed by atoms with E-state index >= 15 is 0 Å². The zero-order chi connectivity index (χ0) is 18.4. The van der Waals surface area contributed by atoms with Gasteiger partial charge in [-0.25, -0.2) is 0 Å². The van der Waals surface area contributed by atoms with Crippen molar-refractivity contribution < 1.29 is 23.3 Å². The van der Waals surface area contributed by atoms with Crippen LogP contribution in [0.15, 0.2) is 39.5 Å². The van der Waals surface area contributed by atoms with Crippen molar-refractivity contribution in [2.24, 2.45) is 0 Å². The fourth-order valence-corrected chi connectivity index (χ4v) is 3.61. The Hall–Kier alpha value is -3.29. The van der Waals surface area contributed by atoms with Crippen LogP contribution in [0.3, 0.4) is 0 Å². The fourth-order valence-electron chi connectivity index (χ4n) is 3.61. The van der Waals surface area contributed by atoms with E-state index in [1.807, 2.05) is 25.1 Å². The van der Waals surface area contributed by atoms with Crippen LogP contribution in [0, 0.1) is 6.92 Å². The molecule has 1 fully saturated rings. The lowest BCUT2D eigenvalue weighted by Crippen LogP contribution is -2.30. The highest BCUT2D eigenvalue weighted by molar-refractivity contribution is 5.93. The number of aromatic nitrogens is 2. The summed E-state index contributed by atoms with van der Waals surface area (Å²) in [5.41, 5.74) is 1.99. The Morgan fingerprint density at radius 3 is 2.93 bits per heavy atom. The molecule has 27 heavy (non-hydrogen) atoms. The number of rotatable bonds is 3. The number of carbonyl (C=O) groups is 1. The van der Waals surface area contributed by atoms with Gasteiger partial charge in [0, 0.05) is 23.7 Å². The molecule has 138 valence electrons. The predicted molar refractivity (Wildman–Crippen MR) is 92.3 cm³/mol. The van der Waals surface area contributed by atoms with Crippen LogP contribution >= 0.6 is 0 Å². The normalized spacial score (nSPS) is 18.3. The highest BCUT2D eigenvalue weighted by Gasteiger charge is 2.35. The Balaban J connectivity index is 1.41. The van der Waals surface area contributed by atoms with Crippen molar-refractivity contribution in [3.05, 3.63) is 47.5 Å². The zero-order valence-corrected chi connectivity index (χ0v) is 14.7. The minimum atomic E-state index is -0.177. The first-order chi connectivity index (χ1) is 13.2. The molecule has 1 unspecified atom stereocenters. The summed E-state index contributed by atoms with van der Waals surface area (Å²) >= 11 is 0. The second-order valence-corrected chi connectivity index (χ2v) is 6.67. The maximum atomic E-state index is 13.0. The molecule has 0 radical (unpaired) electrons. The molecule has 2 aromatic heterocycles. The van der Waals surface area contributed by atoms with Crippen molar-refractivity contribution in [1.82, 2.24) is 15.2 Å². The molecule has 0 spiro atoms. The van der Waals surface area contributed by atoms with Gasteiger partial charge in [-0.05, 0) is 38.0 Å². The van der Waals surface area contributed by atoms with Gasteiger partial charge in [-0.1, -0.05) is 10.3 Å². The van der Waals surface area contributed by atoms with E-state index in [0.29, 0.717) is 23.8 Å². The number of amides is 1. The Morgan fingerprint density at radius 1 is 1.19 bits per heavy atom. The van der Waals surface area contributed by atoms with Gasteiger partial charge >= 0.3 is 0 Å². The second-order valence-electron chi connectivity index (χ2n) is 6.67. The van der Waals surface area contributed by atoms with Gasteiger partial charge in [-0.3, -0.25) is 4.79 Å². The van der Waals surface area contributed by atoms with Gasteiger partial charge < -0.3 is 23.4 Å². The van der Waals surface area contributed by atoms with Crippen LogP contribution in [0.2, 0.25) is 0 Å². The third-order valence-corrected chi connectivity index (χ3v) is 4.99. The van der Waals surface area contributed by atoms with Crippen molar-refractivity contribution in [2.75, 3.05) is 13.3 Å². The minimum Gasteiger partial charge on any atom is -0.454 e. The standard InChI is InChI=1S/C19H17N3O5/c1-11-9-20-27-18(11)14-3-2-6-22(14)19(23)13-8-16(26-21-13)12-4-5-15-17(7-12)25-10-24-15/h4-5,7-9,14H,2-3,6,10H2,1H3. The Morgan fingerprint density at radius 2 is 2.07 bits per heavy atom. The lowest BCUT2D eigenvalue weighted by atomic mass is 10.1. The molecule has 8 heteroatoms. The summed E-state index contributed by atoms with van der Waals surface area (Å²) in [7, 11) is 0. The van der Waals surface area contributed by atoms with E-state index in [4.69, 9.17) is 18.5 Å². The molecule has 8 nitrogen and oxygen atoms in total. The SMILES string of the molecule is Cc1cnoc1C1CCCN1C(=O)c1cc(-c2ccc3c(c2)OCO3)on1. The van der Waals surface area contributed by atoms with E-state index in [-0.39, 0.29) is 24.4 Å². The number of ether oxygens (including phenoxy) is 2. The third kappa shape index (κ3) is 2.64. The van der Waals surface area contributed by atoms with Crippen LogP contribution in [-0.4, -0.2) is 34.5 Å². The smallest absolute Gasteiger partial charge is 0.276 e. The highest BCUT2D eigenvalue weighted by atomic mass is 16.7. The van der Waals surface area contributed by atoms with E-state index in [0.717, 1.165) is 29.7 Å². The van der Waals surface area contributed by atoms with Gasteiger partial charge in [0.05, 0.1) is 12.2 Å². The highest BCUT2D eigenvalue weighted by Crippen LogP contribution is 2.37. The molecule has 1 amide bonds. The van der Waals surface area contributed by atoms with Crippen LogP contribution in [0.25, 0.3) is 11.3 Å². The number of carbonyl (C=O) groups excluding carboxylic acids is 1. The molecule has 0 N–H and O–H groups in total. The third-order valence-electron chi connectivity index (χ3n) is 4.99. The zero-order valence-electron chi connectivity index (χ0n) is 14.7. The number of nitrogens with zero attached hydrogens (tertiary/aromatic N) is 3. The van der Waals surface area contributed by atoms with E-state index in [2.05, 4.69) is 10.3 Å². The molecule has 3 aromatic rings. The number of benzene rings is 1. The Bertz CT molecular complexity index is 1010. The topological polar surface area (TPSA) is 90.8 Å². The summed E-state index contributed by atoms with van der Waals surface area (Å²) in [4.78, 5) is 14.8. The number of hydrogen-bond acceptors (Lipinski definition) is 7. The summed E-state index contributed by atoms with van der Waals surface area (Å²) in [6.07, 6.45) is 3.42. The van der Waals surface area contributed by atoms with Crippen molar-refractivity contribution in [1.29, 1.82) is 0 Å². The maximum absolute atomic E-state index is 13.0. The monoisotopic (exact) mass is 367 g/mol. The van der Waals surface area contributed by atoms with Crippen LogP contribution in [-0.2, 0) is 0 Å². The number of fused-ring (bicyclic) bond motifs is 1. The molecule has 0 bridgehead atoms. The summed E-state index contributed by atoms with van der Waals surface area (Å²) in [6, 6.07) is 7.01. The summed E-state index contributed by atoms with van der Waals surface area (Å²) in [5.74, 6) is 2.40.